The molecule has 3 fully saturated rings. The Hall–Kier alpha value is -0.690. The van der Waals surface area contributed by atoms with Gasteiger partial charge in [-0.05, 0) is 26.2 Å². The van der Waals surface area contributed by atoms with Gasteiger partial charge in [0.25, 0.3) is 0 Å². The number of amides is 1. The van der Waals surface area contributed by atoms with Gasteiger partial charge in [0.2, 0.25) is 5.91 Å². The zero-order valence-corrected chi connectivity index (χ0v) is 13.9. The van der Waals surface area contributed by atoms with Crippen LogP contribution in [0, 0.1) is 0 Å². The van der Waals surface area contributed by atoms with Gasteiger partial charge in [0.1, 0.15) is 5.60 Å². The van der Waals surface area contributed by atoms with E-state index in [1.807, 2.05) is 0 Å². The van der Waals surface area contributed by atoms with Crippen molar-refractivity contribution in [1.82, 2.24) is 9.80 Å². The molecule has 2 atom stereocenters. The first-order valence-corrected chi connectivity index (χ1v) is 8.25. The van der Waals surface area contributed by atoms with Gasteiger partial charge in [-0.2, -0.15) is 0 Å². The molecule has 1 amide bonds. The fraction of sp³-hybridized carbons (Fsp3) is 0.938. The molecule has 1 spiro atoms. The quantitative estimate of drug-likeness (QED) is 0.791. The van der Waals surface area contributed by atoms with Gasteiger partial charge in [0, 0.05) is 27.1 Å². The summed E-state index contributed by atoms with van der Waals surface area (Å²) in [6.45, 7) is 7.32. The average molecular weight is 312 g/mol. The lowest BCUT2D eigenvalue weighted by molar-refractivity contribution is -0.214. The second-order valence-electron chi connectivity index (χ2n) is 7.41. The topological polar surface area (TPSA) is 62.2 Å². The number of nitrogens with zero attached hydrogens (tertiary/aromatic N) is 2. The maximum atomic E-state index is 11.7. The molecule has 6 nitrogen and oxygen atoms in total. The molecular weight excluding hydrogens is 284 g/mol. The Bertz CT molecular complexity index is 428. The number of piperidine rings is 1. The van der Waals surface area contributed by atoms with Crippen LogP contribution in [0.15, 0.2) is 0 Å². The van der Waals surface area contributed by atoms with Crippen LogP contribution >= 0.6 is 0 Å². The van der Waals surface area contributed by atoms with Crippen LogP contribution in [0.25, 0.3) is 0 Å². The fourth-order valence-corrected chi connectivity index (χ4v) is 3.88. The lowest BCUT2D eigenvalue weighted by atomic mass is 9.76. The van der Waals surface area contributed by atoms with Crippen LogP contribution in [-0.4, -0.2) is 84.1 Å². The lowest BCUT2D eigenvalue weighted by Crippen LogP contribution is -2.65. The van der Waals surface area contributed by atoms with Crippen LogP contribution in [0.5, 0.6) is 0 Å². The number of likely N-dealkylation sites (tertiary alicyclic amines) is 1. The molecule has 0 aliphatic carbocycles. The van der Waals surface area contributed by atoms with E-state index in [0.29, 0.717) is 19.1 Å². The van der Waals surface area contributed by atoms with Gasteiger partial charge in [-0.15, -0.1) is 0 Å². The monoisotopic (exact) mass is 312 g/mol. The number of carbonyl (C=O) groups excluding carboxylic acids is 1. The van der Waals surface area contributed by atoms with Gasteiger partial charge < -0.3 is 19.5 Å². The molecule has 0 radical (unpaired) electrons. The summed E-state index contributed by atoms with van der Waals surface area (Å²) in [7, 11) is 1.78. The fourth-order valence-electron chi connectivity index (χ4n) is 3.88. The minimum atomic E-state index is -0.982. The summed E-state index contributed by atoms with van der Waals surface area (Å²) in [5.74, 6) is -0.00798. The molecule has 3 aliphatic heterocycles. The number of hydrogen-bond donors (Lipinski definition) is 1. The van der Waals surface area contributed by atoms with Crippen LogP contribution in [0.1, 0.15) is 33.1 Å². The summed E-state index contributed by atoms with van der Waals surface area (Å²) in [5.41, 5.74) is -1.18. The minimum absolute atomic E-state index is 0.00798. The number of hydrogen-bond acceptors (Lipinski definition) is 5. The zero-order valence-electron chi connectivity index (χ0n) is 13.9. The average Bonchev–Trinajstić information content (AvgIpc) is 2.42. The van der Waals surface area contributed by atoms with E-state index in [2.05, 4.69) is 4.90 Å². The Morgan fingerprint density at radius 3 is 2.45 bits per heavy atom. The summed E-state index contributed by atoms with van der Waals surface area (Å²) < 4.78 is 11.4. The van der Waals surface area contributed by atoms with Crippen molar-refractivity contribution >= 4 is 5.91 Å². The summed E-state index contributed by atoms with van der Waals surface area (Å²) in [6.07, 6.45) is 2.63. The van der Waals surface area contributed by atoms with Crippen molar-refractivity contribution in [2.45, 2.75) is 56.4 Å². The number of carbonyl (C=O) groups is 1. The van der Waals surface area contributed by atoms with Crippen molar-refractivity contribution in [2.24, 2.45) is 0 Å². The number of aliphatic hydroxyl groups is 1. The van der Waals surface area contributed by atoms with Gasteiger partial charge in [-0.3, -0.25) is 9.69 Å². The van der Waals surface area contributed by atoms with E-state index in [9.17, 15) is 9.90 Å². The van der Waals surface area contributed by atoms with Gasteiger partial charge in [-0.1, -0.05) is 0 Å². The van der Waals surface area contributed by atoms with Gasteiger partial charge in [-0.25, -0.2) is 0 Å². The van der Waals surface area contributed by atoms with Crippen LogP contribution in [0.3, 0.4) is 0 Å². The van der Waals surface area contributed by atoms with E-state index in [1.165, 1.54) is 0 Å². The third-order valence-electron chi connectivity index (χ3n) is 5.76. The van der Waals surface area contributed by atoms with Gasteiger partial charge in [0.05, 0.1) is 37.5 Å². The van der Waals surface area contributed by atoms with E-state index >= 15 is 0 Å². The summed E-state index contributed by atoms with van der Waals surface area (Å²) >= 11 is 0. The minimum Gasteiger partial charge on any atom is -0.386 e. The molecule has 3 heterocycles. The molecule has 0 aromatic rings. The van der Waals surface area contributed by atoms with Crippen molar-refractivity contribution in [3.05, 3.63) is 0 Å². The molecule has 0 aromatic carbocycles. The first kappa shape index (κ1) is 16.2. The Morgan fingerprint density at radius 1 is 1.32 bits per heavy atom. The van der Waals surface area contributed by atoms with Crippen molar-refractivity contribution in [2.75, 3.05) is 40.0 Å². The van der Waals surface area contributed by atoms with Crippen LogP contribution in [-0.2, 0) is 14.3 Å². The standard InChI is InChI=1S/C16H28N2O4/c1-12(19)17(3)14-8-16(22-11-15(14,2)20)4-6-18(7-5-16)13-9-21-10-13/h13-14,20H,4-11H2,1-3H3/t14-,15-/m0/s1. The first-order chi connectivity index (χ1) is 10.3. The SMILES string of the molecule is CC(=O)N(C)[C@H]1CC2(CCN(C3COC3)CC2)OC[C@]1(C)O. The maximum Gasteiger partial charge on any atom is 0.219 e. The predicted octanol–water partition coefficient (Wildman–Crippen LogP) is 0.238. The summed E-state index contributed by atoms with van der Waals surface area (Å²) in [5, 5.41) is 10.6. The molecule has 0 bridgehead atoms. The Balaban J connectivity index is 1.66. The van der Waals surface area contributed by atoms with Crippen LogP contribution < -0.4 is 0 Å². The molecule has 6 heteroatoms. The third kappa shape index (κ3) is 2.89. The second-order valence-corrected chi connectivity index (χ2v) is 7.41. The Morgan fingerprint density at radius 2 is 1.95 bits per heavy atom. The van der Waals surface area contributed by atoms with Crippen molar-refractivity contribution in [1.29, 1.82) is 0 Å². The van der Waals surface area contributed by atoms with E-state index in [1.54, 1.807) is 25.8 Å². The van der Waals surface area contributed by atoms with E-state index in [0.717, 1.165) is 39.1 Å². The molecule has 22 heavy (non-hydrogen) atoms. The largest absolute Gasteiger partial charge is 0.386 e. The molecule has 3 saturated heterocycles. The van der Waals surface area contributed by atoms with Gasteiger partial charge in [0.15, 0.2) is 0 Å². The van der Waals surface area contributed by atoms with Crippen LogP contribution in [0.4, 0.5) is 0 Å². The highest BCUT2D eigenvalue weighted by molar-refractivity contribution is 5.73. The molecule has 126 valence electrons. The summed E-state index contributed by atoms with van der Waals surface area (Å²) in [6, 6.07) is 0.386. The molecule has 3 aliphatic rings. The number of ether oxygens (including phenoxy) is 2. The molecule has 0 aromatic heterocycles. The highest BCUT2D eigenvalue weighted by atomic mass is 16.5. The lowest BCUT2D eigenvalue weighted by Gasteiger charge is -2.53. The molecule has 1 N–H and O–H groups in total. The second kappa shape index (κ2) is 5.74. The van der Waals surface area contributed by atoms with E-state index in [4.69, 9.17) is 9.47 Å². The Labute approximate surface area is 132 Å². The molecule has 3 rings (SSSR count). The smallest absolute Gasteiger partial charge is 0.219 e. The van der Waals surface area contributed by atoms with Gasteiger partial charge >= 0.3 is 0 Å². The highest BCUT2D eigenvalue weighted by Crippen LogP contribution is 2.40. The molecule has 0 saturated carbocycles. The Kier molecular flexibility index (Phi) is 4.22. The van der Waals surface area contributed by atoms with Crippen molar-refractivity contribution in [3.8, 4) is 0 Å². The van der Waals surface area contributed by atoms with Crippen molar-refractivity contribution < 1.29 is 19.4 Å². The molecule has 0 unspecified atom stereocenters. The number of rotatable bonds is 2. The van der Waals surface area contributed by atoms with Crippen molar-refractivity contribution in [3.63, 3.8) is 0 Å². The van der Waals surface area contributed by atoms with E-state index < -0.39 is 5.60 Å². The number of likely N-dealkylation sites (N-methyl/N-ethyl adjacent to an activating group) is 1. The molecular formula is C16H28N2O4. The predicted molar refractivity (Wildman–Crippen MR) is 81.6 cm³/mol. The first-order valence-electron chi connectivity index (χ1n) is 8.25. The third-order valence-corrected chi connectivity index (χ3v) is 5.76. The highest BCUT2D eigenvalue weighted by Gasteiger charge is 2.50. The zero-order chi connectivity index (χ0) is 16.0. The normalized spacial score (nSPS) is 36.1. The van der Waals surface area contributed by atoms with Crippen LogP contribution in [0.2, 0.25) is 0 Å². The van der Waals surface area contributed by atoms with E-state index in [-0.39, 0.29) is 17.6 Å². The maximum absolute atomic E-state index is 11.7. The summed E-state index contributed by atoms with van der Waals surface area (Å²) in [4.78, 5) is 15.9.